The summed E-state index contributed by atoms with van der Waals surface area (Å²) >= 11 is 0. The van der Waals surface area contributed by atoms with Crippen molar-refractivity contribution in [3.8, 4) is 0 Å². The van der Waals surface area contributed by atoms with E-state index in [0.29, 0.717) is 12.3 Å². The van der Waals surface area contributed by atoms with Crippen LogP contribution in [0.3, 0.4) is 0 Å². The lowest BCUT2D eigenvalue weighted by molar-refractivity contribution is -0.152. The molecular formula is C33H60O2. The van der Waals surface area contributed by atoms with Crippen LogP contribution >= 0.6 is 0 Å². The van der Waals surface area contributed by atoms with E-state index in [4.69, 9.17) is 4.74 Å². The second kappa shape index (κ2) is 18.7. The normalized spacial score (nSPS) is 25.1. The maximum Gasteiger partial charge on any atom is 0.306 e. The molecular weight excluding hydrogens is 428 g/mol. The van der Waals surface area contributed by atoms with Gasteiger partial charge in [0.05, 0.1) is 0 Å². The zero-order valence-electron chi connectivity index (χ0n) is 23.4. The molecule has 3 aliphatic carbocycles. The first-order chi connectivity index (χ1) is 17.3. The first-order valence-electron chi connectivity index (χ1n) is 16.5. The fourth-order valence-corrected chi connectivity index (χ4v) is 7.57. The minimum Gasteiger partial charge on any atom is -0.462 e. The predicted octanol–water partition coefficient (Wildman–Crippen LogP) is 10.7. The molecule has 0 saturated heterocycles. The van der Waals surface area contributed by atoms with Crippen molar-refractivity contribution in [3.63, 3.8) is 0 Å². The molecule has 0 atom stereocenters. The van der Waals surface area contributed by atoms with E-state index in [1.807, 2.05) is 0 Å². The molecule has 0 aromatic rings. The molecule has 0 unspecified atom stereocenters. The van der Waals surface area contributed by atoms with Gasteiger partial charge in [-0.05, 0) is 43.4 Å². The van der Waals surface area contributed by atoms with Crippen molar-refractivity contribution >= 4 is 5.97 Å². The standard InChI is InChI=1S/C33H60O2/c34-33(35-31-26-20-14-8-3-9-15-21-27-31)28-32(29-22-16-10-4-1-5-11-17-23-29)30-24-18-12-6-2-7-13-19-25-30/h29-32H,1-28H2. The van der Waals surface area contributed by atoms with Crippen LogP contribution in [0.25, 0.3) is 0 Å². The summed E-state index contributed by atoms with van der Waals surface area (Å²) < 4.78 is 6.30. The highest BCUT2D eigenvalue weighted by atomic mass is 16.5. The van der Waals surface area contributed by atoms with Gasteiger partial charge in [-0.25, -0.2) is 0 Å². The molecule has 3 saturated carbocycles. The van der Waals surface area contributed by atoms with Gasteiger partial charge in [0, 0.05) is 6.42 Å². The maximum absolute atomic E-state index is 13.5. The van der Waals surface area contributed by atoms with E-state index in [2.05, 4.69) is 0 Å². The quantitative estimate of drug-likeness (QED) is 0.360. The van der Waals surface area contributed by atoms with Gasteiger partial charge in [-0.1, -0.05) is 148 Å². The van der Waals surface area contributed by atoms with Crippen molar-refractivity contribution in [2.75, 3.05) is 0 Å². The van der Waals surface area contributed by atoms with E-state index >= 15 is 0 Å². The molecule has 0 heterocycles. The molecule has 0 radical (unpaired) electrons. The summed E-state index contributed by atoms with van der Waals surface area (Å²) in [5.41, 5.74) is 0. The zero-order chi connectivity index (χ0) is 24.4. The van der Waals surface area contributed by atoms with Crippen molar-refractivity contribution in [2.24, 2.45) is 17.8 Å². The first-order valence-corrected chi connectivity index (χ1v) is 16.5. The number of rotatable bonds is 5. The zero-order valence-corrected chi connectivity index (χ0v) is 23.4. The molecule has 2 heteroatoms. The summed E-state index contributed by atoms with van der Waals surface area (Å²) in [6.07, 6.45) is 37.5. The van der Waals surface area contributed by atoms with E-state index in [9.17, 15) is 4.79 Å². The Hall–Kier alpha value is -0.530. The fourth-order valence-electron chi connectivity index (χ4n) is 7.57. The number of esters is 1. The van der Waals surface area contributed by atoms with Gasteiger partial charge < -0.3 is 4.74 Å². The highest BCUT2D eigenvalue weighted by Crippen LogP contribution is 2.39. The van der Waals surface area contributed by atoms with Crippen LogP contribution in [0.2, 0.25) is 0 Å². The number of ether oxygens (including phenoxy) is 1. The molecule has 0 bridgehead atoms. The third-order valence-corrected chi connectivity index (χ3v) is 9.76. The second-order valence-corrected chi connectivity index (χ2v) is 12.7. The lowest BCUT2D eigenvalue weighted by Crippen LogP contribution is -2.29. The summed E-state index contributed by atoms with van der Waals surface area (Å²) in [5.74, 6) is 2.22. The molecule has 3 rings (SSSR count). The SMILES string of the molecule is O=C(CC(C1CCCCCCCCC1)C1CCCCCCCCC1)OC1CCCCCCCCC1. The van der Waals surface area contributed by atoms with E-state index in [-0.39, 0.29) is 12.1 Å². The molecule has 2 nitrogen and oxygen atoms in total. The molecule has 204 valence electrons. The maximum atomic E-state index is 13.5. The Labute approximate surface area is 219 Å². The molecule has 0 amide bonds. The highest BCUT2D eigenvalue weighted by Gasteiger charge is 2.32. The average Bonchev–Trinajstić information content (AvgIpc) is 2.88. The van der Waals surface area contributed by atoms with Gasteiger partial charge in [-0.3, -0.25) is 4.79 Å². The lowest BCUT2D eigenvalue weighted by atomic mass is 9.71. The Balaban J connectivity index is 1.65. The molecule has 0 aromatic carbocycles. The van der Waals surface area contributed by atoms with E-state index < -0.39 is 0 Å². The van der Waals surface area contributed by atoms with Crippen LogP contribution in [-0.4, -0.2) is 12.1 Å². The molecule has 0 aliphatic heterocycles. The van der Waals surface area contributed by atoms with E-state index in [1.54, 1.807) is 0 Å². The fraction of sp³-hybridized carbons (Fsp3) is 0.970. The Morgan fingerprint density at radius 3 is 1.09 bits per heavy atom. The van der Waals surface area contributed by atoms with Crippen molar-refractivity contribution in [2.45, 2.75) is 186 Å². The minimum atomic E-state index is 0.159. The van der Waals surface area contributed by atoms with Crippen LogP contribution in [0.5, 0.6) is 0 Å². The van der Waals surface area contributed by atoms with Crippen molar-refractivity contribution in [1.82, 2.24) is 0 Å². The van der Waals surface area contributed by atoms with Crippen LogP contribution in [0.1, 0.15) is 180 Å². The van der Waals surface area contributed by atoms with E-state index in [0.717, 1.165) is 24.7 Å². The molecule has 35 heavy (non-hydrogen) atoms. The number of carbonyl (C=O) groups is 1. The molecule has 0 spiro atoms. The summed E-state index contributed by atoms with van der Waals surface area (Å²) in [4.78, 5) is 13.5. The summed E-state index contributed by atoms with van der Waals surface area (Å²) in [6.45, 7) is 0. The minimum absolute atomic E-state index is 0.159. The summed E-state index contributed by atoms with van der Waals surface area (Å²) in [7, 11) is 0. The Morgan fingerprint density at radius 2 is 0.743 bits per heavy atom. The topological polar surface area (TPSA) is 26.3 Å². The van der Waals surface area contributed by atoms with E-state index in [1.165, 1.54) is 161 Å². The number of hydrogen-bond acceptors (Lipinski definition) is 2. The van der Waals surface area contributed by atoms with Crippen LogP contribution in [-0.2, 0) is 9.53 Å². The van der Waals surface area contributed by atoms with Crippen molar-refractivity contribution in [3.05, 3.63) is 0 Å². The largest absolute Gasteiger partial charge is 0.462 e. The molecule has 0 aromatic heterocycles. The van der Waals surface area contributed by atoms with Gasteiger partial charge in [0.1, 0.15) is 6.10 Å². The van der Waals surface area contributed by atoms with Crippen LogP contribution in [0, 0.1) is 17.8 Å². The Kier molecular flexibility index (Phi) is 15.5. The summed E-state index contributed by atoms with van der Waals surface area (Å²) in [5, 5.41) is 0. The first kappa shape index (κ1) is 29.0. The number of hydrogen-bond donors (Lipinski definition) is 0. The van der Waals surface area contributed by atoms with Gasteiger partial charge in [-0.15, -0.1) is 0 Å². The van der Waals surface area contributed by atoms with Crippen molar-refractivity contribution in [1.29, 1.82) is 0 Å². The van der Waals surface area contributed by atoms with Crippen LogP contribution < -0.4 is 0 Å². The van der Waals surface area contributed by atoms with Crippen LogP contribution in [0.4, 0.5) is 0 Å². The number of carbonyl (C=O) groups excluding carboxylic acids is 1. The summed E-state index contributed by atoms with van der Waals surface area (Å²) in [6, 6.07) is 0. The average molecular weight is 489 g/mol. The second-order valence-electron chi connectivity index (χ2n) is 12.7. The molecule has 0 N–H and O–H groups in total. The molecule has 3 fully saturated rings. The van der Waals surface area contributed by atoms with Gasteiger partial charge in [0.2, 0.25) is 0 Å². The van der Waals surface area contributed by atoms with Crippen molar-refractivity contribution < 1.29 is 9.53 Å². The third kappa shape index (κ3) is 12.5. The third-order valence-electron chi connectivity index (χ3n) is 9.76. The van der Waals surface area contributed by atoms with Crippen LogP contribution in [0.15, 0.2) is 0 Å². The monoisotopic (exact) mass is 488 g/mol. The van der Waals surface area contributed by atoms with Gasteiger partial charge in [0.15, 0.2) is 0 Å². The van der Waals surface area contributed by atoms with Gasteiger partial charge in [-0.2, -0.15) is 0 Å². The Bertz CT molecular complexity index is 473. The highest BCUT2D eigenvalue weighted by molar-refractivity contribution is 5.70. The van der Waals surface area contributed by atoms with Gasteiger partial charge >= 0.3 is 5.97 Å². The predicted molar refractivity (Wildman–Crippen MR) is 150 cm³/mol. The smallest absolute Gasteiger partial charge is 0.306 e. The lowest BCUT2D eigenvalue weighted by Gasteiger charge is -2.35. The Morgan fingerprint density at radius 1 is 0.457 bits per heavy atom. The van der Waals surface area contributed by atoms with Gasteiger partial charge in [0.25, 0.3) is 0 Å². The molecule has 3 aliphatic rings.